The third-order valence-electron chi connectivity index (χ3n) is 5.64. The number of carboxylic acid groups (broad SMARTS) is 1. The second-order valence-electron chi connectivity index (χ2n) is 7.17. The van der Waals surface area contributed by atoms with Gasteiger partial charge in [-0.15, -0.1) is 0 Å². The maximum atomic E-state index is 12.7. The molecule has 0 saturated heterocycles. The average molecular weight is 341 g/mol. The molecule has 138 valence electrons. The van der Waals surface area contributed by atoms with Crippen LogP contribution in [0, 0.1) is 11.8 Å². The van der Waals surface area contributed by atoms with Crippen molar-refractivity contribution in [3.8, 4) is 0 Å². The Morgan fingerprint density at radius 1 is 1.04 bits per heavy atom. The number of carbonyl (C=O) groups excluding carboxylic acids is 1. The van der Waals surface area contributed by atoms with Gasteiger partial charge in [0.05, 0.1) is 18.1 Å². The molecule has 0 bridgehead atoms. The van der Waals surface area contributed by atoms with Crippen molar-refractivity contribution in [3.63, 3.8) is 0 Å². The lowest BCUT2D eigenvalue weighted by molar-refractivity contribution is -0.141. The number of rotatable bonds is 7. The van der Waals surface area contributed by atoms with Crippen LogP contribution in [-0.2, 0) is 19.1 Å². The van der Waals surface area contributed by atoms with Crippen molar-refractivity contribution in [2.45, 2.75) is 76.0 Å². The van der Waals surface area contributed by atoms with Crippen molar-refractivity contribution < 1.29 is 24.2 Å². The van der Waals surface area contributed by atoms with E-state index in [0.717, 1.165) is 51.4 Å². The Bertz CT molecular complexity index is 420. The molecule has 0 radical (unpaired) electrons. The summed E-state index contributed by atoms with van der Waals surface area (Å²) < 4.78 is 11.0. The van der Waals surface area contributed by atoms with E-state index in [1.807, 2.05) is 0 Å². The Labute approximate surface area is 144 Å². The molecule has 6 heteroatoms. The summed E-state index contributed by atoms with van der Waals surface area (Å²) in [5.74, 6) is -0.300. The van der Waals surface area contributed by atoms with Gasteiger partial charge in [0.25, 0.3) is 0 Å². The minimum atomic E-state index is -0.721. The molecular weight excluding hydrogens is 310 g/mol. The predicted octanol–water partition coefficient (Wildman–Crippen LogP) is 2.36. The topological polar surface area (TPSA) is 84.9 Å². The molecule has 2 N–H and O–H groups in total. The number of methoxy groups -OCH3 is 2. The molecule has 0 aromatic heterocycles. The van der Waals surface area contributed by atoms with Gasteiger partial charge in [-0.3, -0.25) is 9.59 Å². The lowest BCUT2D eigenvalue weighted by atomic mass is 9.81. The number of carbonyl (C=O) groups is 2. The standard InChI is InChI=1S/C18H31NO5/c1-23-15-5-3-4-14(17(15)24-2)18(22)19-13-9-6-12(7-10-13)8-11-16(20)21/h12-15,17H,3-11H2,1-2H3,(H,19,22)(H,20,21). The van der Waals surface area contributed by atoms with Crippen LogP contribution in [0.1, 0.15) is 57.8 Å². The Morgan fingerprint density at radius 2 is 1.75 bits per heavy atom. The molecule has 24 heavy (non-hydrogen) atoms. The third kappa shape index (κ3) is 5.18. The van der Waals surface area contributed by atoms with Gasteiger partial charge in [-0.2, -0.15) is 0 Å². The zero-order chi connectivity index (χ0) is 17.5. The van der Waals surface area contributed by atoms with E-state index in [9.17, 15) is 9.59 Å². The number of nitrogens with one attached hydrogen (secondary N) is 1. The molecule has 3 unspecified atom stereocenters. The largest absolute Gasteiger partial charge is 0.481 e. The van der Waals surface area contributed by atoms with E-state index in [2.05, 4.69) is 5.32 Å². The van der Waals surface area contributed by atoms with Crippen LogP contribution in [0.3, 0.4) is 0 Å². The normalized spacial score (nSPS) is 33.8. The summed E-state index contributed by atoms with van der Waals surface area (Å²) in [6, 6.07) is 0.207. The first-order valence-electron chi connectivity index (χ1n) is 9.13. The zero-order valence-electron chi connectivity index (χ0n) is 14.8. The van der Waals surface area contributed by atoms with Gasteiger partial charge in [0, 0.05) is 26.7 Å². The zero-order valence-corrected chi connectivity index (χ0v) is 14.8. The summed E-state index contributed by atoms with van der Waals surface area (Å²) in [4.78, 5) is 23.3. The lowest BCUT2D eigenvalue weighted by Crippen LogP contribution is -2.50. The fourth-order valence-corrected chi connectivity index (χ4v) is 4.21. The highest BCUT2D eigenvalue weighted by Gasteiger charge is 2.38. The molecule has 2 fully saturated rings. The van der Waals surface area contributed by atoms with E-state index in [-0.39, 0.29) is 36.5 Å². The van der Waals surface area contributed by atoms with Gasteiger partial charge in [-0.05, 0) is 57.3 Å². The molecule has 0 spiro atoms. The predicted molar refractivity (Wildman–Crippen MR) is 89.7 cm³/mol. The second-order valence-corrected chi connectivity index (χ2v) is 7.17. The van der Waals surface area contributed by atoms with Crippen molar-refractivity contribution >= 4 is 11.9 Å². The van der Waals surface area contributed by atoms with Gasteiger partial charge >= 0.3 is 5.97 Å². The van der Waals surface area contributed by atoms with E-state index in [0.29, 0.717) is 5.92 Å². The number of hydrogen-bond acceptors (Lipinski definition) is 4. The molecule has 0 aliphatic heterocycles. The average Bonchev–Trinajstić information content (AvgIpc) is 2.60. The van der Waals surface area contributed by atoms with Crippen LogP contribution in [0.4, 0.5) is 0 Å². The van der Waals surface area contributed by atoms with Crippen LogP contribution in [0.5, 0.6) is 0 Å². The Hall–Kier alpha value is -1.14. The Morgan fingerprint density at radius 3 is 2.33 bits per heavy atom. The molecule has 6 nitrogen and oxygen atoms in total. The summed E-state index contributed by atoms with van der Waals surface area (Å²) in [5, 5.41) is 12.0. The minimum absolute atomic E-state index is 0.00810. The van der Waals surface area contributed by atoms with Gasteiger partial charge in [-0.25, -0.2) is 0 Å². The molecule has 0 heterocycles. The highest BCUT2D eigenvalue weighted by Crippen LogP contribution is 2.31. The van der Waals surface area contributed by atoms with Crippen molar-refractivity contribution in [2.75, 3.05) is 14.2 Å². The molecular formula is C18H31NO5. The first-order chi connectivity index (χ1) is 11.5. The maximum Gasteiger partial charge on any atom is 0.303 e. The van der Waals surface area contributed by atoms with E-state index in [4.69, 9.17) is 14.6 Å². The molecule has 2 aliphatic carbocycles. The van der Waals surface area contributed by atoms with Crippen molar-refractivity contribution in [3.05, 3.63) is 0 Å². The fourth-order valence-electron chi connectivity index (χ4n) is 4.21. The van der Waals surface area contributed by atoms with Gasteiger partial charge in [0.15, 0.2) is 0 Å². The van der Waals surface area contributed by atoms with Crippen molar-refractivity contribution in [2.24, 2.45) is 11.8 Å². The number of aliphatic carboxylic acids is 1. The summed E-state index contributed by atoms with van der Waals surface area (Å²) in [6.45, 7) is 0. The quantitative estimate of drug-likeness (QED) is 0.742. The molecule has 2 aliphatic rings. The maximum absolute atomic E-state index is 12.7. The summed E-state index contributed by atoms with van der Waals surface area (Å²) in [5.41, 5.74) is 0. The Kier molecular flexibility index (Phi) is 7.49. The van der Waals surface area contributed by atoms with Gasteiger partial charge in [-0.1, -0.05) is 0 Å². The van der Waals surface area contributed by atoms with E-state index in [1.54, 1.807) is 14.2 Å². The van der Waals surface area contributed by atoms with Crippen LogP contribution < -0.4 is 5.32 Å². The van der Waals surface area contributed by atoms with E-state index in [1.165, 1.54) is 0 Å². The smallest absolute Gasteiger partial charge is 0.303 e. The summed E-state index contributed by atoms with van der Waals surface area (Å²) >= 11 is 0. The SMILES string of the molecule is COC1CCCC(C(=O)NC2CCC(CCC(=O)O)CC2)C1OC. The second kappa shape index (κ2) is 9.37. The van der Waals surface area contributed by atoms with Gasteiger partial charge in [0.2, 0.25) is 5.91 Å². The fraction of sp³-hybridized carbons (Fsp3) is 0.889. The third-order valence-corrected chi connectivity index (χ3v) is 5.64. The van der Waals surface area contributed by atoms with Crippen LogP contribution in [0.25, 0.3) is 0 Å². The van der Waals surface area contributed by atoms with Gasteiger partial charge in [0.1, 0.15) is 0 Å². The van der Waals surface area contributed by atoms with Crippen LogP contribution in [0.15, 0.2) is 0 Å². The van der Waals surface area contributed by atoms with Crippen molar-refractivity contribution in [1.29, 1.82) is 0 Å². The van der Waals surface area contributed by atoms with Gasteiger partial charge < -0.3 is 19.9 Å². The van der Waals surface area contributed by atoms with Crippen LogP contribution in [-0.4, -0.2) is 49.5 Å². The summed E-state index contributed by atoms with van der Waals surface area (Å²) in [7, 11) is 3.32. The molecule has 3 atom stereocenters. The monoisotopic (exact) mass is 341 g/mol. The van der Waals surface area contributed by atoms with Crippen LogP contribution in [0.2, 0.25) is 0 Å². The van der Waals surface area contributed by atoms with Crippen LogP contribution >= 0.6 is 0 Å². The van der Waals surface area contributed by atoms with E-state index >= 15 is 0 Å². The first-order valence-corrected chi connectivity index (χ1v) is 9.13. The van der Waals surface area contributed by atoms with E-state index < -0.39 is 5.97 Å². The van der Waals surface area contributed by atoms with Crippen molar-refractivity contribution in [1.82, 2.24) is 5.32 Å². The molecule has 2 saturated carbocycles. The molecule has 0 aromatic carbocycles. The highest BCUT2D eigenvalue weighted by atomic mass is 16.5. The number of hydrogen-bond donors (Lipinski definition) is 2. The number of carboxylic acids is 1. The number of amides is 1. The molecule has 0 aromatic rings. The minimum Gasteiger partial charge on any atom is -0.481 e. The number of ether oxygens (including phenoxy) is 2. The Balaban J connectivity index is 1.79. The molecule has 1 amide bonds. The first kappa shape index (κ1) is 19.2. The lowest BCUT2D eigenvalue weighted by Gasteiger charge is -2.37. The summed E-state index contributed by atoms with van der Waals surface area (Å²) in [6.07, 6.45) is 7.46. The molecule has 2 rings (SSSR count). The highest BCUT2D eigenvalue weighted by molar-refractivity contribution is 5.79.